The molecular weight excluding hydrogens is 370 g/mol. The van der Waals surface area contributed by atoms with Crippen LogP contribution in [-0.4, -0.2) is 71.6 Å². The van der Waals surface area contributed by atoms with Gasteiger partial charge in [0.25, 0.3) is 0 Å². The van der Waals surface area contributed by atoms with Gasteiger partial charge in [0.05, 0.1) is 24.1 Å². The van der Waals surface area contributed by atoms with Crippen LogP contribution in [0.4, 0.5) is 11.8 Å². The number of nitrogens with one attached hydrogen (secondary N) is 1. The van der Waals surface area contributed by atoms with Gasteiger partial charge in [-0.05, 0) is 12.1 Å². The van der Waals surface area contributed by atoms with Crippen molar-refractivity contribution in [1.82, 2.24) is 14.9 Å². The first-order valence-corrected chi connectivity index (χ1v) is 10.1. The second-order valence-electron chi connectivity index (χ2n) is 7.46. The number of aromatic nitrogens is 2. The quantitative estimate of drug-likeness (QED) is 0.682. The van der Waals surface area contributed by atoms with E-state index in [-0.39, 0.29) is 18.3 Å². The van der Waals surface area contributed by atoms with E-state index in [1.165, 1.54) is 0 Å². The zero-order chi connectivity index (χ0) is 20.2. The van der Waals surface area contributed by atoms with Crippen LogP contribution >= 0.6 is 0 Å². The van der Waals surface area contributed by atoms with E-state index in [1.54, 1.807) is 12.3 Å². The Kier molecular flexibility index (Phi) is 5.92. The summed E-state index contributed by atoms with van der Waals surface area (Å²) >= 11 is 0. The average Bonchev–Trinajstić information content (AvgIpc) is 3.27. The van der Waals surface area contributed by atoms with E-state index >= 15 is 0 Å². The Morgan fingerprint density at radius 3 is 2.79 bits per heavy atom. The first-order valence-electron chi connectivity index (χ1n) is 10.1. The SMILES string of the molecule is C=CCNc1nc(N2CCN(CCO)CC2)nc2c1C(=O)C[C@H](c1ccco1)C2. The fourth-order valence-corrected chi connectivity index (χ4v) is 4.04. The molecule has 2 aliphatic rings. The van der Waals surface area contributed by atoms with E-state index in [2.05, 4.69) is 21.7 Å². The number of piperazine rings is 1. The Morgan fingerprint density at radius 1 is 1.28 bits per heavy atom. The lowest BCUT2D eigenvalue weighted by Crippen LogP contribution is -2.48. The Bertz CT molecular complexity index is 859. The minimum Gasteiger partial charge on any atom is -0.469 e. The Labute approximate surface area is 170 Å². The van der Waals surface area contributed by atoms with Gasteiger partial charge in [-0.15, -0.1) is 6.58 Å². The van der Waals surface area contributed by atoms with Crippen LogP contribution in [0.3, 0.4) is 0 Å². The number of furan rings is 1. The van der Waals surface area contributed by atoms with E-state index in [9.17, 15) is 4.79 Å². The highest BCUT2D eigenvalue weighted by atomic mass is 16.3. The maximum Gasteiger partial charge on any atom is 0.227 e. The van der Waals surface area contributed by atoms with Crippen LogP contribution in [0.5, 0.6) is 0 Å². The molecule has 1 fully saturated rings. The molecule has 0 radical (unpaired) electrons. The molecule has 0 unspecified atom stereocenters. The molecule has 1 aliphatic carbocycles. The minimum atomic E-state index is 0.00130. The second-order valence-corrected chi connectivity index (χ2v) is 7.46. The van der Waals surface area contributed by atoms with E-state index in [4.69, 9.17) is 19.5 Å². The molecule has 2 N–H and O–H groups in total. The van der Waals surface area contributed by atoms with Gasteiger partial charge in [0.15, 0.2) is 5.78 Å². The van der Waals surface area contributed by atoms with Crippen molar-refractivity contribution in [3.63, 3.8) is 0 Å². The van der Waals surface area contributed by atoms with Crippen molar-refractivity contribution in [2.45, 2.75) is 18.8 Å². The zero-order valence-corrected chi connectivity index (χ0v) is 16.5. The fraction of sp³-hybridized carbons (Fsp3) is 0.476. The Morgan fingerprint density at radius 2 is 2.10 bits per heavy atom. The molecule has 29 heavy (non-hydrogen) atoms. The van der Waals surface area contributed by atoms with Gasteiger partial charge in [-0.3, -0.25) is 9.69 Å². The van der Waals surface area contributed by atoms with Gasteiger partial charge in [-0.2, -0.15) is 4.98 Å². The van der Waals surface area contributed by atoms with E-state index in [0.29, 0.717) is 43.3 Å². The molecule has 0 amide bonds. The summed E-state index contributed by atoms with van der Waals surface area (Å²) < 4.78 is 5.55. The second kappa shape index (κ2) is 8.75. The van der Waals surface area contributed by atoms with Crippen molar-refractivity contribution in [2.24, 2.45) is 0 Å². The van der Waals surface area contributed by atoms with Crippen LogP contribution in [0, 0.1) is 0 Å². The molecule has 1 saturated heterocycles. The van der Waals surface area contributed by atoms with Gasteiger partial charge < -0.3 is 19.7 Å². The normalized spacial score (nSPS) is 19.8. The number of aliphatic hydroxyl groups excluding tert-OH is 1. The van der Waals surface area contributed by atoms with Crippen LogP contribution in [0.25, 0.3) is 0 Å². The molecular formula is C21H27N5O3. The lowest BCUT2D eigenvalue weighted by molar-refractivity contribution is 0.0959. The van der Waals surface area contributed by atoms with Crippen molar-refractivity contribution in [3.8, 4) is 0 Å². The Balaban J connectivity index is 1.63. The molecule has 4 rings (SSSR count). The molecule has 154 valence electrons. The fourth-order valence-electron chi connectivity index (χ4n) is 4.04. The van der Waals surface area contributed by atoms with Gasteiger partial charge in [-0.1, -0.05) is 6.08 Å². The summed E-state index contributed by atoms with van der Waals surface area (Å²) in [5, 5.41) is 12.4. The number of carbonyl (C=O) groups excluding carboxylic acids is 1. The van der Waals surface area contributed by atoms with Crippen molar-refractivity contribution in [2.75, 3.05) is 56.1 Å². The van der Waals surface area contributed by atoms with E-state index in [0.717, 1.165) is 37.6 Å². The van der Waals surface area contributed by atoms with Gasteiger partial charge >= 0.3 is 0 Å². The van der Waals surface area contributed by atoms with Gasteiger partial charge in [0, 0.05) is 58.0 Å². The molecule has 1 aliphatic heterocycles. The smallest absolute Gasteiger partial charge is 0.227 e. The van der Waals surface area contributed by atoms with Crippen molar-refractivity contribution in [3.05, 3.63) is 48.1 Å². The largest absolute Gasteiger partial charge is 0.469 e. The molecule has 0 spiro atoms. The highest BCUT2D eigenvalue weighted by Crippen LogP contribution is 2.35. The molecule has 1 atom stereocenters. The topological polar surface area (TPSA) is 94.7 Å². The maximum absolute atomic E-state index is 12.9. The predicted molar refractivity (Wildman–Crippen MR) is 111 cm³/mol. The third-order valence-electron chi connectivity index (χ3n) is 5.55. The average molecular weight is 397 g/mol. The monoisotopic (exact) mass is 397 g/mol. The van der Waals surface area contributed by atoms with Gasteiger partial charge in [0.2, 0.25) is 5.95 Å². The van der Waals surface area contributed by atoms with Crippen molar-refractivity contribution in [1.29, 1.82) is 0 Å². The molecule has 8 nitrogen and oxygen atoms in total. The lowest BCUT2D eigenvalue weighted by Gasteiger charge is -2.35. The van der Waals surface area contributed by atoms with Crippen LogP contribution in [0.2, 0.25) is 0 Å². The number of ketones is 1. The zero-order valence-electron chi connectivity index (χ0n) is 16.5. The van der Waals surface area contributed by atoms with Crippen molar-refractivity contribution < 1.29 is 14.3 Å². The first kappa shape index (κ1) is 19.6. The number of rotatable bonds is 7. The summed E-state index contributed by atoms with van der Waals surface area (Å²) in [6.45, 7) is 8.41. The molecule has 0 aromatic carbocycles. The Hall–Kier alpha value is -2.71. The minimum absolute atomic E-state index is 0.00130. The van der Waals surface area contributed by atoms with Crippen LogP contribution < -0.4 is 10.2 Å². The standard InChI is InChI=1S/C21H27N5O3/c1-2-5-22-20-19-16(13-15(14-17(19)28)18-4-3-12-29-18)23-21(24-20)26-8-6-25(7-9-26)10-11-27/h2-4,12,15,27H,1,5-11,13-14H2,(H,22,23,24)/t15-/m1/s1. The number of hydrogen-bond donors (Lipinski definition) is 2. The first-order chi connectivity index (χ1) is 14.2. The van der Waals surface area contributed by atoms with E-state index < -0.39 is 0 Å². The summed E-state index contributed by atoms with van der Waals surface area (Å²) in [5.74, 6) is 2.10. The lowest BCUT2D eigenvalue weighted by atomic mass is 9.84. The molecule has 8 heteroatoms. The molecule has 2 aromatic heterocycles. The van der Waals surface area contributed by atoms with Gasteiger partial charge in [0.1, 0.15) is 11.6 Å². The summed E-state index contributed by atoms with van der Waals surface area (Å²) in [7, 11) is 0. The summed E-state index contributed by atoms with van der Waals surface area (Å²) in [6, 6.07) is 3.77. The summed E-state index contributed by atoms with van der Waals surface area (Å²) in [6.07, 6.45) is 4.44. The number of anilines is 2. The molecule has 0 saturated carbocycles. The van der Waals surface area contributed by atoms with Crippen LogP contribution in [-0.2, 0) is 6.42 Å². The third-order valence-corrected chi connectivity index (χ3v) is 5.55. The molecule has 3 heterocycles. The highest BCUT2D eigenvalue weighted by molar-refractivity contribution is 6.03. The summed E-state index contributed by atoms with van der Waals surface area (Å²) in [5.41, 5.74) is 1.37. The predicted octanol–water partition coefficient (Wildman–Crippen LogP) is 1.69. The number of Topliss-reactive ketones (excluding diaryl/α,β-unsaturated/α-hetero) is 1. The summed E-state index contributed by atoms with van der Waals surface area (Å²) in [4.78, 5) is 26.8. The van der Waals surface area contributed by atoms with Crippen LogP contribution in [0.1, 0.15) is 34.2 Å². The number of aliphatic hydroxyl groups is 1. The third kappa shape index (κ3) is 4.18. The number of fused-ring (bicyclic) bond motifs is 1. The van der Waals surface area contributed by atoms with E-state index in [1.807, 2.05) is 12.1 Å². The molecule has 2 aromatic rings. The highest BCUT2D eigenvalue weighted by Gasteiger charge is 2.33. The number of nitrogens with zero attached hydrogens (tertiary/aromatic N) is 4. The number of carbonyl (C=O) groups is 1. The van der Waals surface area contributed by atoms with Crippen LogP contribution in [0.15, 0.2) is 35.5 Å². The number of hydrogen-bond acceptors (Lipinski definition) is 8. The van der Waals surface area contributed by atoms with Gasteiger partial charge in [-0.25, -0.2) is 4.98 Å². The van der Waals surface area contributed by atoms with Crippen molar-refractivity contribution >= 4 is 17.5 Å². The maximum atomic E-state index is 12.9. The molecule has 0 bridgehead atoms. The number of β-amino-alcohol motifs (C(OH)–C–C–N with tert-alkyl or cyclic N) is 1.